The van der Waals surface area contributed by atoms with Gasteiger partial charge in [-0.1, -0.05) is 42.5 Å². The van der Waals surface area contributed by atoms with Crippen LogP contribution in [0.2, 0.25) is 0 Å². The average molecular weight is 461 g/mol. The van der Waals surface area contributed by atoms with Crippen molar-refractivity contribution in [3.05, 3.63) is 100 Å². The van der Waals surface area contributed by atoms with Crippen LogP contribution in [-0.2, 0) is 30.8 Å². The second-order valence-electron chi connectivity index (χ2n) is 8.30. The zero-order valence-corrected chi connectivity index (χ0v) is 19.3. The van der Waals surface area contributed by atoms with Crippen molar-refractivity contribution in [3.63, 3.8) is 0 Å². The molecule has 0 fully saturated rings. The zero-order valence-electron chi connectivity index (χ0n) is 19.3. The van der Waals surface area contributed by atoms with E-state index in [4.69, 9.17) is 10.00 Å². The predicted octanol–water partition coefficient (Wildman–Crippen LogP) is 3.77. The lowest BCUT2D eigenvalue weighted by Gasteiger charge is -2.14. The quantitative estimate of drug-likeness (QED) is 0.289. The van der Waals surface area contributed by atoms with Gasteiger partial charge in [-0.25, -0.2) is 0 Å². The second kappa shape index (κ2) is 13.5. The van der Waals surface area contributed by atoms with E-state index in [1.165, 1.54) is 11.6 Å². The standard InChI is InChI=1S/C28H32N2O4/c29-17-23-6-1-4-21(14-23)8-3-13-34-20-24-7-2-5-22(15-24)11-12-30-18-28(33)25-9-10-27(32)26(16-25)19-31/h1-2,4-7,9-10,14-16,28,30-33H,3,8,11-13,18-20H2/t28-/m1/s1. The first-order valence-electron chi connectivity index (χ1n) is 11.5. The fourth-order valence-electron chi connectivity index (χ4n) is 3.77. The van der Waals surface area contributed by atoms with Gasteiger partial charge < -0.3 is 25.4 Å². The van der Waals surface area contributed by atoms with Gasteiger partial charge in [0.2, 0.25) is 0 Å². The maximum atomic E-state index is 10.4. The number of aryl methyl sites for hydroxylation is 1. The summed E-state index contributed by atoms with van der Waals surface area (Å²) in [5, 5.41) is 41.5. The molecule has 1 atom stereocenters. The van der Waals surface area contributed by atoms with Crippen LogP contribution in [-0.4, -0.2) is 35.0 Å². The molecule has 3 aromatic carbocycles. The van der Waals surface area contributed by atoms with Crippen LogP contribution in [0.3, 0.4) is 0 Å². The minimum Gasteiger partial charge on any atom is -0.508 e. The molecule has 0 heterocycles. The van der Waals surface area contributed by atoms with Crippen molar-refractivity contribution in [2.75, 3.05) is 19.7 Å². The topological polar surface area (TPSA) is 106 Å². The van der Waals surface area contributed by atoms with Gasteiger partial charge in [0.05, 0.1) is 31.0 Å². The molecular weight excluding hydrogens is 428 g/mol. The molecular formula is C28H32N2O4. The lowest BCUT2D eigenvalue weighted by molar-refractivity contribution is 0.118. The predicted molar refractivity (Wildman–Crippen MR) is 131 cm³/mol. The Labute approximate surface area is 201 Å². The van der Waals surface area contributed by atoms with Crippen LogP contribution in [0.1, 0.15) is 45.9 Å². The lowest BCUT2D eigenvalue weighted by Crippen LogP contribution is -2.23. The minimum absolute atomic E-state index is 0.0284. The van der Waals surface area contributed by atoms with Gasteiger partial charge in [0, 0.05) is 18.7 Å². The number of hydrogen-bond acceptors (Lipinski definition) is 6. The molecule has 0 saturated carbocycles. The van der Waals surface area contributed by atoms with Crippen LogP contribution in [0.15, 0.2) is 66.7 Å². The summed E-state index contributed by atoms with van der Waals surface area (Å²) in [7, 11) is 0. The summed E-state index contributed by atoms with van der Waals surface area (Å²) in [5.74, 6) is 0.0284. The van der Waals surface area contributed by atoms with Crippen molar-refractivity contribution in [1.82, 2.24) is 5.32 Å². The minimum atomic E-state index is -0.715. The number of nitrogens with one attached hydrogen (secondary N) is 1. The highest BCUT2D eigenvalue weighted by molar-refractivity contribution is 5.36. The monoisotopic (exact) mass is 460 g/mol. The molecule has 0 aliphatic heterocycles. The largest absolute Gasteiger partial charge is 0.508 e. The van der Waals surface area contributed by atoms with Gasteiger partial charge in [0.1, 0.15) is 5.75 Å². The van der Waals surface area contributed by atoms with E-state index in [2.05, 4.69) is 29.6 Å². The Morgan fingerprint density at radius 2 is 1.71 bits per heavy atom. The van der Waals surface area contributed by atoms with E-state index in [1.807, 2.05) is 30.3 Å². The molecule has 34 heavy (non-hydrogen) atoms. The molecule has 0 aromatic heterocycles. The van der Waals surface area contributed by atoms with Crippen LogP contribution in [0.5, 0.6) is 5.75 Å². The average Bonchev–Trinajstić information content (AvgIpc) is 2.87. The van der Waals surface area contributed by atoms with Crippen molar-refractivity contribution in [1.29, 1.82) is 5.26 Å². The van der Waals surface area contributed by atoms with Crippen molar-refractivity contribution in [3.8, 4) is 11.8 Å². The number of nitrogens with zero attached hydrogens (tertiary/aromatic N) is 1. The van der Waals surface area contributed by atoms with E-state index in [9.17, 15) is 15.3 Å². The molecule has 0 saturated heterocycles. The molecule has 0 bridgehead atoms. The molecule has 0 radical (unpaired) electrons. The van der Waals surface area contributed by atoms with Gasteiger partial charge in [-0.05, 0) is 72.3 Å². The molecule has 0 unspecified atom stereocenters. The summed E-state index contributed by atoms with van der Waals surface area (Å²) in [6.07, 6.45) is 1.90. The number of aromatic hydroxyl groups is 1. The third kappa shape index (κ3) is 7.98. The van der Waals surface area contributed by atoms with E-state index >= 15 is 0 Å². The molecule has 0 amide bonds. The number of ether oxygens (including phenoxy) is 1. The third-order valence-electron chi connectivity index (χ3n) is 5.66. The van der Waals surface area contributed by atoms with E-state index in [1.54, 1.807) is 12.1 Å². The third-order valence-corrected chi connectivity index (χ3v) is 5.66. The first-order valence-corrected chi connectivity index (χ1v) is 11.5. The highest BCUT2D eigenvalue weighted by Crippen LogP contribution is 2.22. The first kappa shape index (κ1) is 25.4. The Kier molecular flexibility index (Phi) is 10.1. The molecule has 6 heteroatoms. The fourth-order valence-corrected chi connectivity index (χ4v) is 3.77. The Morgan fingerprint density at radius 3 is 2.50 bits per heavy atom. The number of hydrogen-bond donors (Lipinski definition) is 4. The molecule has 0 aliphatic rings. The van der Waals surface area contributed by atoms with E-state index in [0.717, 1.165) is 30.4 Å². The number of benzene rings is 3. The summed E-state index contributed by atoms with van der Waals surface area (Å²) < 4.78 is 5.84. The Balaban J connectivity index is 1.35. The summed E-state index contributed by atoms with van der Waals surface area (Å²) >= 11 is 0. The SMILES string of the molecule is N#Cc1cccc(CCCOCc2cccc(CCNC[C@@H](O)c3ccc(O)c(CO)c3)c2)c1. The molecule has 3 rings (SSSR count). The van der Waals surface area contributed by atoms with Gasteiger partial charge in [-0.3, -0.25) is 0 Å². The first-order chi connectivity index (χ1) is 16.6. The highest BCUT2D eigenvalue weighted by atomic mass is 16.5. The van der Waals surface area contributed by atoms with Crippen molar-refractivity contribution in [2.45, 2.75) is 38.6 Å². The molecule has 0 spiro atoms. The fraction of sp³-hybridized carbons (Fsp3) is 0.321. The molecule has 6 nitrogen and oxygen atoms in total. The highest BCUT2D eigenvalue weighted by Gasteiger charge is 2.10. The van der Waals surface area contributed by atoms with Gasteiger partial charge in [-0.15, -0.1) is 0 Å². The molecule has 4 N–H and O–H groups in total. The van der Waals surface area contributed by atoms with Crippen molar-refractivity contribution < 1.29 is 20.1 Å². The summed E-state index contributed by atoms with van der Waals surface area (Å²) in [4.78, 5) is 0. The van der Waals surface area contributed by atoms with Crippen molar-refractivity contribution in [2.24, 2.45) is 0 Å². The van der Waals surface area contributed by atoms with Crippen LogP contribution in [0.25, 0.3) is 0 Å². The van der Waals surface area contributed by atoms with Crippen LogP contribution < -0.4 is 5.32 Å². The number of phenols is 1. The van der Waals surface area contributed by atoms with Gasteiger partial charge in [0.25, 0.3) is 0 Å². The number of rotatable bonds is 13. The molecule has 178 valence electrons. The smallest absolute Gasteiger partial charge is 0.121 e. The van der Waals surface area contributed by atoms with Gasteiger partial charge in [0.15, 0.2) is 0 Å². The maximum Gasteiger partial charge on any atom is 0.121 e. The number of nitriles is 1. The lowest BCUT2D eigenvalue weighted by atomic mass is 10.0. The number of aliphatic hydroxyl groups excluding tert-OH is 2. The number of aliphatic hydroxyl groups is 2. The van der Waals surface area contributed by atoms with E-state index < -0.39 is 6.10 Å². The summed E-state index contributed by atoms with van der Waals surface area (Å²) in [6, 6.07) is 22.9. The molecule has 0 aliphatic carbocycles. The van der Waals surface area contributed by atoms with E-state index in [-0.39, 0.29) is 12.4 Å². The Bertz CT molecular complexity index is 1090. The second-order valence-corrected chi connectivity index (χ2v) is 8.30. The summed E-state index contributed by atoms with van der Waals surface area (Å²) in [5.41, 5.74) is 5.24. The normalized spacial score (nSPS) is 11.8. The zero-order chi connectivity index (χ0) is 24.2. The van der Waals surface area contributed by atoms with Crippen LogP contribution in [0.4, 0.5) is 0 Å². The van der Waals surface area contributed by atoms with Crippen LogP contribution >= 0.6 is 0 Å². The Morgan fingerprint density at radius 1 is 0.941 bits per heavy atom. The van der Waals surface area contributed by atoms with Crippen LogP contribution in [0, 0.1) is 11.3 Å². The van der Waals surface area contributed by atoms with Crippen molar-refractivity contribution >= 4 is 0 Å². The maximum absolute atomic E-state index is 10.4. The van der Waals surface area contributed by atoms with Gasteiger partial charge in [-0.2, -0.15) is 5.26 Å². The van der Waals surface area contributed by atoms with Gasteiger partial charge >= 0.3 is 0 Å². The Hall–Kier alpha value is -3.21. The summed E-state index contributed by atoms with van der Waals surface area (Å²) in [6.45, 7) is 2.06. The molecule has 3 aromatic rings. The van der Waals surface area contributed by atoms with E-state index in [0.29, 0.717) is 43.0 Å².